The summed E-state index contributed by atoms with van der Waals surface area (Å²) in [5, 5.41) is 3.42. The number of sulfonamides is 1. The Labute approximate surface area is 205 Å². The molecule has 1 N–H and O–H groups in total. The maximum atomic E-state index is 13.7. The lowest BCUT2D eigenvalue weighted by atomic mass is 10.1. The maximum Gasteiger partial charge on any atom is 0.247 e. The topological polar surface area (TPSA) is 67.9 Å². The summed E-state index contributed by atoms with van der Waals surface area (Å²) in [6, 6.07) is 32.0. The Hall–Kier alpha value is -3.81. The van der Waals surface area contributed by atoms with Gasteiger partial charge in [-0.2, -0.15) is 4.31 Å². The Morgan fingerprint density at radius 2 is 1.46 bits per heavy atom. The van der Waals surface area contributed by atoms with E-state index in [1.54, 1.807) is 25.3 Å². The smallest absolute Gasteiger partial charge is 0.247 e. The third kappa shape index (κ3) is 4.73. The van der Waals surface area contributed by atoms with Crippen molar-refractivity contribution in [1.82, 2.24) is 4.31 Å². The predicted molar refractivity (Wildman–Crippen MR) is 136 cm³/mol. The SMILES string of the molecule is COc1cc(C2Nc3ccccc3S(=O)(=O)N2Cc2ccccc2)ccc1OCc1ccccc1. The minimum Gasteiger partial charge on any atom is -0.493 e. The molecule has 0 aromatic heterocycles. The molecular formula is C28H26N2O4S. The van der Waals surface area contributed by atoms with E-state index in [1.165, 1.54) is 4.31 Å². The van der Waals surface area contributed by atoms with Crippen molar-refractivity contribution in [2.24, 2.45) is 0 Å². The van der Waals surface area contributed by atoms with Gasteiger partial charge >= 0.3 is 0 Å². The molecular weight excluding hydrogens is 460 g/mol. The van der Waals surface area contributed by atoms with Gasteiger partial charge in [-0.05, 0) is 41.0 Å². The van der Waals surface area contributed by atoms with Gasteiger partial charge in [-0.3, -0.25) is 0 Å². The minimum atomic E-state index is -3.76. The molecule has 1 heterocycles. The lowest BCUT2D eigenvalue weighted by Gasteiger charge is -2.37. The third-order valence-electron chi connectivity index (χ3n) is 5.98. The van der Waals surface area contributed by atoms with Crippen LogP contribution in [0, 0.1) is 0 Å². The Balaban J connectivity index is 1.50. The van der Waals surface area contributed by atoms with Crippen molar-refractivity contribution in [2.45, 2.75) is 24.2 Å². The van der Waals surface area contributed by atoms with Gasteiger partial charge in [0.15, 0.2) is 11.5 Å². The molecule has 1 unspecified atom stereocenters. The van der Waals surface area contributed by atoms with E-state index in [9.17, 15) is 8.42 Å². The van der Waals surface area contributed by atoms with Crippen LogP contribution < -0.4 is 14.8 Å². The first-order valence-electron chi connectivity index (χ1n) is 11.3. The number of nitrogens with one attached hydrogen (secondary N) is 1. The number of ether oxygens (including phenoxy) is 2. The normalized spacial score (nSPS) is 16.7. The van der Waals surface area contributed by atoms with Crippen LogP contribution >= 0.6 is 0 Å². The second-order valence-corrected chi connectivity index (χ2v) is 10.1. The van der Waals surface area contributed by atoms with Crippen molar-refractivity contribution in [3.63, 3.8) is 0 Å². The Morgan fingerprint density at radius 3 is 2.17 bits per heavy atom. The van der Waals surface area contributed by atoms with Gasteiger partial charge in [0.05, 0.1) is 12.8 Å². The van der Waals surface area contributed by atoms with Gasteiger partial charge in [0, 0.05) is 6.54 Å². The average molecular weight is 487 g/mol. The summed E-state index contributed by atoms with van der Waals surface area (Å²) < 4.78 is 40.5. The zero-order chi connectivity index (χ0) is 24.3. The molecule has 0 fully saturated rings. The fraction of sp³-hybridized carbons (Fsp3) is 0.143. The van der Waals surface area contributed by atoms with Crippen molar-refractivity contribution >= 4 is 15.7 Å². The van der Waals surface area contributed by atoms with Crippen molar-refractivity contribution in [3.05, 3.63) is 120 Å². The first kappa shape index (κ1) is 23.0. The molecule has 1 aliphatic heterocycles. The highest BCUT2D eigenvalue weighted by Gasteiger charge is 2.39. The van der Waals surface area contributed by atoms with Crippen molar-refractivity contribution in [3.8, 4) is 11.5 Å². The van der Waals surface area contributed by atoms with Gasteiger partial charge in [0.2, 0.25) is 10.0 Å². The standard InChI is InChI=1S/C28H26N2O4S/c1-33-26-18-23(16-17-25(26)34-20-22-12-6-3-7-13-22)28-29-24-14-8-9-15-27(24)35(31,32)30(28)19-21-10-4-2-5-11-21/h2-18,28-29H,19-20H2,1H3. The number of benzene rings is 4. The molecule has 0 aliphatic carbocycles. The fourth-order valence-corrected chi connectivity index (χ4v) is 5.87. The van der Waals surface area contributed by atoms with Gasteiger partial charge in [-0.15, -0.1) is 0 Å². The molecule has 6 nitrogen and oxygen atoms in total. The van der Waals surface area contributed by atoms with Crippen LogP contribution in [0.5, 0.6) is 11.5 Å². The lowest BCUT2D eigenvalue weighted by Crippen LogP contribution is -2.42. The quantitative estimate of drug-likeness (QED) is 0.369. The van der Waals surface area contributed by atoms with E-state index in [0.717, 1.165) is 16.7 Å². The summed E-state index contributed by atoms with van der Waals surface area (Å²) in [6.07, 6.45) is -0.618. The molecule has 4 aromatic rings. The second kappa shape index (κ2) is 9.82. The number of para-hydroxylation sites is 1. The third-order valence-corrected chi connectivity index (χ3v) is 7.84. The van der Waals surface area contributed by atoms with Crippen LogP contribution in [0.15, 0.2) is 108 Å². The summed E-state index contributed by atoms with van der Waals surface area (Å²) in [5.74, 6) is 1.13. The number of rotatable bonds is 7. The Morgan fingerprint density at radius 1 is 0.800 bits per heavy atom. The van der Waals surface area contributed by atoms with Gasteiger partial charge in [0.25, 0.3) is 0 Å². The molecule has 0 saturated carbocycles. The van der Waals surface area contributed by atoms with E-state index < -0.39 is 16.2 Å². The summed E-state index contributed by atoms with van der Waals surface area (Å²) in [6.45, 7) is 0.629. The van der Waals surface area contributed by atoms with Crippen LogP contribution in [0.2, 0.25) is 0 Å². The highest BCUT2D eigenvalue weighted by molar-refractivity contribution is 7.89. The average Bonchev–Trinajstić information content (AvgIpc) is 2.90. The van der Waals surface area contributed by atoms with Gasteiger partial charge in [-0.1, -0.05) is 78.9 Å². The fourth-order valence-electron chi connectivity index (χ4n) is 4.19. The molecule has 1 atom stereocenters. The first-order valence-corrected chi connectivity index (χ1v) is 12.8. The number of hydrogen-bond donors (Lipinski definition) is 1. The molecule has 4 aromatic carbocycles. The lowest BCUT2D eigenvalue weighted by molar-refractivity contribution is 0.283. The summed E-state index contributed by atoms with van der Waals surface area (Å²) in [7, 11) is -2.18. The summed E-state index contributed by atoms with van der Waals surface area (Å²) >= 11 is 0. The highest BCUT2D eigenvalue weighted by Crippen LogP contribution is 2.41. The monoisotopic (exact) mass is 486 g/mol. The number of anilines is 1. The molecule has 7 heteroatoms. The molecule has 1 aliphatic rings. The first-order chi connectivity index (χ1) is 17.1. The van der Waals surface area contributed by atoms with Crippen LogP contribution in [0.3, 0.4) is 0 Å². The second-order valence-electron chi connectivity index (χ2n) is 8.26. The predicted octanol–water partition coefficient (Wildman–Crippen LogP) is 5.59. The van der Waals surface area contributed by atoms with E-state index in [2.05, 4.69) is 5.32 Å². The molecule has 0 spiro atoms. The van der Waals surface area contributed by atoms with E-state index in [0.29, 0.717) is 23.8 Å². The van der Waals surface area contributed by atoms with E-state index in [-0.39, 0.29) is 11.4 Å². The number of nitrogens with zero attached hydrogens (tertiary/aromatic N) is 1. The molecule has 0 saturated heterocycles. The number of hydrogen-bond acceptors (Lipinski definition) is 5. The van der Waals surface area contributed by atoms with Gasteiger partial charge in [-0.25, -0.2) is 8.42 Å². The van der Waals surface area contributed by atoms with E-state index in [4.69, 9.17) is 9.47 Å². The Kier molecular flexibility index (Phi) is 6.44. The van der Waals surface area contributed by atoms with Gasteiger partial charge in [0.1, 0.15) is 17.7 Å². The molecule has 178 valence electrons. The Bertz CT molecular complexity index is 1410. The molecule has 0 bridgehead atoms. The molecule has 5 rings (SSSR count). The number of fused-ring (bicyclic) bond motifs is 1. The molecule has 0 radical (unpaired) electrons. The van der Waals surface area contributed by atoms with Crippen molar-refractivity contribution in [1.29, 1.82) is 0 Å². The highest BCUT2D eigenvalue weighted by atomic mass is 32.2. The van der Waals surface area contributed by atoms with E-state index >= 15 is 0 Å². The number of methoxy groups -OCH3 is 1. The van der Waals surface area contributed by atoms with E-state index in [1.807, 2.05) is 84.9 Å². The largest absolute Gasteiger partial charge is 0.493 e. The van der Waals surface area contributed by atoms with Crippen molar-refractivity contribution < 1.29 is 17.9 Å². The molecule has 35 heavy (non-hydrogen) atoms. The minimum absolute atomic E-state index is 0.226. The zero-order valence-electron chi connectivity index (χ0n) is 19.3. The summed E-state index contributed by atoms with van der Waals surface area (Å²) in [5.41, 5.74) is 3.27. The molecule has 0 amide bonds. The van der Waals surface area contributed by atoms with Crippen LogP contribution in [-0.2, 0) is 23.2 Å². The zero-order valence-corrected chi connectivity index (χ0v) is 20.1. The van der Waals surface area contributed by atoms with Gasteiger partial charge < -0.3 is 14.8 Å². The summed E-state index contributed by atoms with van der Waals surface area (Å²) in [4.78, 5) is 0.266. The van der Waals surface area contributed by atoms with Crippen molar-refractivity contribution in [2.75, 3.05) is 12.4 Å². The van der Waals surface area contributed by atoms with Crippen LogP contribution in [0.1, 0.15) is 22.9 Å². The van der Waals surface area contributed by atoms with Crippen LogP contribution in [0.4, 0.5) is 5.69 Å². The van der Waals surface area contributed by atoms with Crippen LogP contribution in [-0.4, -0.2) is 19.8 Å². The maximum absolute atomic E-state index is 13.7. The van der Waals surface area contributed by atoms with Crippen LogP contribution in [0.25, 0.3) is 0 Å².